The molecule has 0 bridgehead atoms. The second kappa shape index (κ2) is 11.0. The van der Waals surface area contributed by atoms with E-state index in [0.29, 0.717) is 27.8 Å². The fraction of sp³-hybridized carbons (Fsp3) is 0.471. The molecule has 2 N–H and O–H groups in total. The van der Waals surface area contributed by atoms with Gasteiger partial charge in [0.2, 0.25) is 9.84 Å². The van der Waals surface area contributed by atoms with E-state index in [1.807, 2.05) is 95.2 Å². The second-order valence-corrected chi connectivity index (χ2v) is 16.5. The third-order valence-electron chi connectivity index (χ3n) is 6.94. The van der Waals surface area contributed by atoms with Gasteiger partial charge < -0.3 is 10.2 Å². The number of aromatic hydroxyl groups is 2. The van der Waals surface area contributed by atoms with E-state index in [-0.39, 0.29) is 22.0 Å². The van der Waals surface area contributed by atoms with Crippen LogP contribution in [-0.4, -0.2) is 18.6 Å². The van der Waals surface area contributed by atoms with Crippen molar-refractivity contribution in [1.29, 1.82) is 10.5 Å². The van der Waals surface area contributed by atoms with Crippen molar-refractivity contribution >= 4 is 20.8 Å². The van der Waals surface area contributed by atoms with Crippen LogP contribution in [0.1, 0.15) is 116 Å². The van der Waals surface area contributed by atoms with Crippen molar-refractivity contribution in [2.24, 2.45) is 0 Å². The molecule has 6 nitrogen and oxygen atoms in total. The largest absolute Gasteiger partial charge is 0.507 e. The van der Waals surface area contributed by atoms with E-state index in [1.54, 1.807) is 24.3 Å². The van der Waals surface area contributed by atoms with Crippen LogP contribution in [0.15, 0.2) is 35.2 Å². The van der Waals surface area contributed by atoms with E-state index in [0.717, 1.165) is 6.08 Å². The van der Waals surface area contributed by atoms with Gasteiger partial charge in [-0.1, -0.05) is 83.1 Å². The molecule has 0 heterocycles. The zero-order chi connectivity index (χ0) is 31.9. The molecular weight excluding hydrogens is 532 g/mol. The van der Waals surface area contributed by atoms with Crippen LogP contribution in [0.5, 0.6) is 11.5 Å². The van der Waals surface area contributed by atoms with Gasteiger partial charge in [-0.15, -0.1) is 0 Å². The van der Waals surface area contributed by atoms with Crippen LogP contribution in [0.4, 0.5) is 0 Å². The first-order valence-electron chi connectivity index (χ1n) is 13.6. The van der Waals surface area contributed by atoms with Gasteiger partial charge in [0.25, 0.3) is 0 Å². The van der Waals surface area contributed by atoms with Crippen LogP contribution >= 0.6 is 0 Å². The summed E-state index contributed by atoms with van der Waals surface area (Å²) < 4.78 is 28.1. The number of benzene rings is 2. The van der Waals surface area contributed by atoms with Crippen molar-refractivity contribution in [1.82, 2.24) is 0 Å². The number of nitriles is 2. The molecule has 0 fully saturated rings. The van der Waals surface area contributed by atoms with Gasteiger partial charge in [0.05, 0.1) is 11.0 Å². The van der Waals surface area contributed by atoms with Crippen LogP contribution in [0.2, 0.25) is 0 Å². The molecule has 0 aliphatic heterocycles. The van der Waals surface area contributed by atoms with Crippen molar-refractivity contribution in [2.45, 2.75) is 105 Å². The van der Waals surface area contributed by atoms with Gasteiger partial charge in [-0.2, -0.15) is 10.5 Å². The predicted octanol–water partition coefficient (Wildman–Crippen LogP) is 8.13. The first kappa shape index (κ1) is 33.7. The van der Waals surface area contributed by atoms with Crippen LogP contribution in [-0.2, 0) is 31.5 Å². The zero-order valence-electron chi connectivity index (χ0n) is 26.5. The maximum absolute atomic E-state index is 14.1. The van der Waals surface area contributed by atoms with Crippen LogP contribution in [0, 0.1) is 22.7 Å². The average molecular weight is 577 g/mol. The van der Waals surface area contributed by atoms with E-state index >= 15 is 0 Å². The van der Waals surface area contributed by atoms with Gasteiger partial charge in [-0.05, 0) is 63.1 Å². The normalized spacial score (nSPS) is 14.0. The molecule has 0 aliphatic carbocycles. The molecule has 41 heavy (non-hydrogen) atoms. The molecule has 7 heteroatoms. The fourth-order valence-corrected chi connectivity index (χ4v) is 5.90. The number of sulfone groups is 1. The number of hydrogen-bond acceptors (Lipinski definition) is 6. The molecule has 0 amide bonds. The standard InChI is InChI=1S/C34H44N2O4S/c1-31(2,3)24-16-21(17-25(29(24)37)32(4,5)6)15-23(20-36)41(39,40)28(13-14-35)22-18-26(33(7,8)9)30(38)27(19-22)34(10,11)12/h13,15-19,37-38H,1-12H3. The minimum atomic E-state index is -4.48. The summed E-state index contributed by atoms with van der Waals surface area (Å²) in [5, 5.41) is 42.0. The second-order valence-electron chi connectivity index (χ2n) is 14.6. The highest BCUT2D eigenvalue weighted by atomic mass is 32.2. The lowest BCUT2D eigenvalue weighted by Gasteiger charge is -2.28. The number of hydrogen-bond donors (Lipinski definition) is 2. The maximum Gasteiger partial charge on any atom is 0.217 e. The molecular formula is C34H44N2O4S. The minimum Gasteiger partial charge on any atom is -0.507 e. The Morgan fingerprint density at radius 1 is 0.683 bits per heavy atom. The maximum atomic E-state index is 14.1. The molecule has 0 aromatic heterocycles. The first-order chi connectivity index (χ1) is 18.4. The van der Waals surface area contributed by atoms with Crippen molar-refractivity contribution < 1.29 is 18.6 Å². The number of allylic oxidation sites excluding steroid dienone is 2. The molecule has 0 aliphatic rings. The Balaban J connectivity index is 2.96. The summed E-state index contributed by atoms with van der Waals surface area (Å²) in [6.07, 6.45) is 2.23. The topological polar surface area (TPSA) is 122 Å². The van der Waals surface area contributed by atoms with Crippen molar-refractivity contribution in [2.75, 3.05) is 0 Å². The number of nitrogens with zero attached hydrogens (tertiary/aromatic N) is 2. The summed E-state index contributed by atoms with van der Waals surface area (Å²) >= 11 is 0. The average Bonchev–Trinajstić information content (AvgIpc) is 2.78. The molecule has 2 aromatic carbocycles. The summed E-state index contributed by atoms with van der Waals surface area (Å²) in [5.41, 5.74) is 1.01. The lowest BCUT2D eigenvalue weighted by molar-refractivity contribution is 0.422. The van der Waals surface area contributed by atoms with Gasteiger partial charge in [-0.3, -0.25) is 0 Å². The Hall–Kier alpha value is -3.55. The minimum absolute atomic E-state index is 0.0759. The van der Waals surface area contributed by atoms with Gasteiger partial charge >= 0.3 is 0 Å². The highest BCUT2D eigenvalue weighted by molar-refractivity contribution is 8.04. The molecule has 0 saturated heterocycles. The van der Waals surface area contributed by atoms with E-state index < -0.39 is 36.4 Å². The lowest BCUT2D eigenvalue weighted by Crippen LogP contribution is -2.18. The zero-order valence-corrected chi connectivity index (χ0v) is 27.3. The molecule has 0 unspecified atom stereocenters. The van der Waals surface area contributed by atoms with Crippen LogP contribution in [0.25, 0.3) is 11.0 Å². The monoisotopic (exact) mass is 576 g/mol. The van der Waals surface area contributed by atoms with E-state index in [9.17, 15) is 29.2 Å². The molecule has 0 saturated carbocycles. The molecule has 2 aromatic rings. The highest BCUT2D eigenvalue weighted by Gasteiger charge is 2.32. The van der Waals surface area contributed by atoms with Crippen molar-refractivity contribution in [3.63, 3.8) is 0 Å². The molecule has 0 spiro atoms. The third kappa shape index (κ3) is 7.21. The quantitative estimate of drug-likeness (QED) is 0.354. The van der Waals surface area contributed by atoms with E-state index in [4.69, 9.17) is 0 Å². The number of phenolic OH excluding ortho intramolecular Hbond substituents is 2. The molecule has 0 radical (unpaired) electrons. The highest BCUT2D eigenvalue weighted by Crippen LogP contribution is 2.43. The summed E-state index contributed by atoms with van der Waals surface area (Å²) in [5.74, 6) is 0.217. The summed E-state index contributed by atoms with van der Waals surface area (Å²) in [4.78, 5) is -0.859. The fourth-order valence-electron chi connectivity index (χ4n) is 4.62. The number of phenols is 2. The van der Waals surface area contributed by atoms with E-state index in [2.05, 4.69) is 0 Å². The summed E-state index contributed by atoms with van der Waals surface area (Å²) in [6.45, 7) is 23.1. The Kier molecular flexibility index (Phi) is 9.05. The van der Waals surface area contributed by atoms with Crippen LogP contribution in [0.3, 0.4) is 0 Å². The first-order valence-corrected chi connectivity index (χ1v) is 15.1. The van der Waals surface area contributed by atoms with Gasteiger partial charge in [0.15, 0.2) is 0 Å². The lowest BCUT2D eigenvalue weighted by atomic mass is 9.78. The Bertz CT molecular complexity index is 1530. The van der Waals surface area contributed by atoms with Crippen molar-refractivity contribution in [3.05, 3.63) is 68.6 Å². The Labute approximate surface area is 246 Å². The summed E-state index contributed by atoms with van der Waals surface area (Å²) in [6, 6.07) is 10.2. The van der Waals surface area contributed by atoms with Crippen LogP contribution < -0.4 is 0 Å². The van der Waals surface area contributed by atoms with Gasteiger partial charge in [-0.25, -0.2) is 8.42 Å². The Morgan fingerprint density at radius 3 is 1.32 bits per heavy atom. The molecule has 2 rings (SSSR count). The smallest absolute Gasteiger partial charge is 0.217 e. The third-order valence-corrected chi connectivity index (χ3v) is 8.66. The SMILES string of the molecule is CC(C)(C)c1cc(C=C(C#N)S(=O)(=O)C(=CC#N)c2cc(C(C)(C)C)c(O)c(C(C)(C)C)c2)cc(C(C)(C)C)c1O. The molecule has 220 valence electrons. The summed E-state index contributed by atoms with van der Waals surface area (Å²) in [7, 11) is -4.48. The number of rotatable bonds is 4. The van der Waals surface area contributed by atoms with Gasteiger partial charge in [0.1, 0.15) is 22.5 Å². The van der Waals surface area contributed by atoms with E-state index in [1.165, 1.54) is 6.08 Å². The molecule has 0 atom stereocenters. The van der Waals surface area contributed by atoms with Gasteiger partial charge in [0, 0.05) is 28.3 Å². The Morgan fingerprint density at radius 2 is 1.02 bits per heavy atom. The van der Waals surface area contributed by atoms with Crippen molar-refractivity contribution in [3.8, 4) is 23.6 Å². The predicted molar refractivity (Wildman–Crippen MR) is 167 cm³/mol.